The van der Waals surface area contributed by atoms with E-state index in [1.54, 1.807) is 0 Å². The molecule has 0 aliphatic heterocycles. The van der Waals surface area contributed by atoms with Crippen molar-refractivity contribution >= 4 is 16.9 Å². The first-order chi connectivity index (χ1) is 5.59. The second-order valence-electron chi connectivity index (χ2n) is 2.25. The quantitative estimate of drug-likeness (QED) is 0.515. The highest BCUT2D eigenvalue weighted by Crippen LogP contribution is 2.31. The Hall–Kier alpha value is -1.16. The van der Waals surface area contributed by atoms with Crippen molar-refractivity contribution in [3.05, 3.63) is 18.2 Å². The van der Waals surface area contributed by atoms with Gasteiger partial charge in [-0.25, -0.2) is 0 Å². The first-order valence-corrected chi connectivity index (χ1v) is 4.11. The summed E-state index contributed by atoms with van der Waals surface area (Å²) in [5, 5.41) is 18.1. The van der Waals surface area contributed by atoms with Crippen molar-refractivity contribution in [2.24, 2.45) is 0 Å². The van der Waals surface area contributed by atoms with Crippen molar-refractivity contribution in [1.82, 2.24) is 0 Å². The third-order valence-corrected chi connectivity index (χ3v) is 2.03. The molecule has 1 aromatic carbocycles. The lowest BCUT2D eigenvalue weighted by Crippen LogP contribution is -1.81. The fraction of sp³-hybridized carbons (Fsp3) is 0.125. The molecule has 1 aromatic rings. The molecule has 64 valence electrons. The van der Waals surface area contributed by atoms with Crippen LogP contribution in [0.25, 0.3) is 0 Å². The van der Waals surface area contributed by atoms with Crippen LogP contribution in [0.3, 0.4) is 0 Å². The van der Waals surface area contributed by atoms with Gasteiger partial charge >= 0.3 is 0 Å². The summed E-state index contributed by atoms with van der Waals surface area (Å²) in [6.07, 6.45) is 0. The fourth-order valence-corrected chi connectivity index (χ4v) is 1.40. The Kier molecular flexibility index (Phi) is 2.60. The van der Waals surface area contributed by atoms with Gasteiger partial charge < -0.3 is 10.2 Å². The van der Waals surface area contributed by atoms with Crippen LogP contribution < -0.4 is 0 Å². The molecule has 0 spiro atoms. The maximum atomic E-state index is 10.6. The molecule has 0 unspecified atom stereocenters. The molecule has 0 fully saturated rings. The molecule has 2 N–H and O–H groups in total. The van der Waals surface area contributed by atoms with Crippen molar-refractivity contribution in [1.29, 1.82) is 0 Å². The van der Waals surface area contributed by atoms with E-state index in [0.717, 1.165) is 11.8 Å². The molecular weight excluding hydrogens is 176 g/mol. The summed E-state index contributed by atoms with van der Waals surface area (Å²) in [6, 6.07) is 4.06. The molecule has 1 rings (SSSR count). The lowest BCUT2D eigenvalue weighted by molar-refractivity contribution is -0.109. The molecule has 0 aromatic heterocycles. The van der Waals surface area contributed by atoms with Crippen LogP contribution in [-0.2, 0) is 4.79 Å². The van der Waals surface area contributed by atoms with Crippen molar-refractivity contribution < 1.29 is 15.0 Å². The maximum Gasteiger partial charge on any atom is 0.190 e. The third-order valence-electron chi connectivity index (χ3n) is 1.20. The highest BCUT2D eigenvalue weighted by molar-refractivity contribution is 8.13. The van der Waals surface area contributed by atoms with Gasteiger partial charge in [0.2, 0.25) is 0 Å². The molecule has 3 nitrogen and oxygen atoms in total. The molecule has 0 aliphatic carbocycles. The van der Waals surface area contributed by atoms with E-state index in [0.29, 0.717) is 4.90 Å². The van der Waals surface area contributed by atoms with Crippen LogP contribution >= 0.6 is 11.8 Å². The molecule has 0 bridgehead atoms. The van der Waals surface area contributed by atoms with Gasteiger partial charge in [0.15, 0.2) is 5.12 Å². The van der Waals surface area contributed by atoms with Crippen LogP contribution in [0.1, 0.15) is 6.92 Å². The summed E-state index contributed by atoms with van der Waals surface area (Å²) in [6.45, 7) is 1.40. The molecule has 0 radical (unpaired) electrons. The van der Waals surface area contributed by atoms with Gasteiger partial charge in [-0.3, -0.25) is 4.79 Å². The monoisotopic (exact) mass is 184 g/mol. The van der Waals surface area contributed by atoms with Gasteiger partial charge in [-0.1, -0.05) is 0 Å². The number of benzene rings is 1. The average molecular weight is 184 g/mol. The van der Waals surface area contributed by atoms with E-state index in [1.165, 1.54) is 25.1 Å². The van der Waals surface area contributed by atoms with E-state index in [2.05, 4.69) is 0 Å². The Morgan fingerprint density at radius 1 is 1.42 bits per heavy atom. The van der Waals surface area contributed by atoms with Gasteiger partial charge in [0.05, 0.1) is 4.90 Å². The van der Waals surface area contributed by atoms with Crippen LogP contribution in [0, 0.1) is 0 Å². The van der Waals surface area contributed by atoms with Crippen LogP contribution in [-0.4, -0.2) is 15.3 Å². The smallest absolute Gasteiger partial charge is 0.190 e. The second-order valence-corrected chi connectivity index (χ2v) is 3.46. The first kappa shape index (κ1) is 8.93. The number of hydrogen-bond acceptors (Lipinski definition) is 4. The Balaban J connectivity index is 2.97. The molecule has 4 heteroatoms. The zero-order valence-corrected chi connectivity index (χ0v) is 7.26. The van der Waals surface area contributed by atoms with E-state index < -0.39 is 0 Å². The van der Waals surface area contributed by atoms with E-state index in [4.69, 9.17) is 5.11 Å². The number of phenols is 2. The van der Waals surface area contributed by atoms with Gasteiger partial charge in [0.25, 0.3) is 0 Å². The van der Waals surface area contributed by atoms with Crippen LogP contribution in [0.15, 0.2) is 23.1 Å². The van der Waals surface area contributed by atoms with E-state index in [9.17, 15) is 9.90 Å². The number of rotatable bonds is 1. The van der Waals surface area contributed by atoms with Gasteiger partial charge in [-0.15, -0.1) is 0 Å². The molecule has 0 saturated heterocycles. The number of carbonyl (C=O) groups excluding carboxylic acids is 1. The number of phenolic OH excluding ortho intramolecular Hbond substituents is 2. The number of carbonyl (C=O) groups is 1. The lowest BCUT2D eigenvalue weighted by Gasteiger charge is -2.00. The molecular formula is C8H8O3S. The van der Waals surface area contributed by atoms with Crippen LogP contribution in [0.4, 0.5) is 0 Å². The Labute approximate surface area is 74.0 Å². The first-order valence-electron chi connectivity index (χ1n) is 3.30. The van der Waals surface area contributed by atoms with Crippen molar-refractivity contribution in [3.8, 4) is 11.5 Å². The van der Waals surface area contributed by atoms with E-state index in [1.807, 2.05) is 0 Å². The summed E-state index contributed by atoms with van der Waals surface area (Å²) in [4.78, 5) is 11.0. The van der Waals surface area contributed by atoms with Gasteiger partial charge in [-0.05, 0) is 30.0 Å². The van der Waals surface area contributed by atoms with E-state index in [-0.39, 0.29) is 16.6 Å². The van der Waals surface area contributed by atoms with Gasteiger partial charge in [0.1, 0.15) is 11.5 Å². The highest BCUT2D eigenvalue weighted by Gasteiger charge is 2.05. The van der Waals surface area contributed by atoms with Gasteiger partial charge in [0, 0.05) is 6.92 Å². The molecule has 0 atom stereocenters. The molecule has 0 aliphatic rings. The molecule has 12 heavy (non-hydrogen) atoms. The van der Waals surface area contributed by atoms with Crippen LogP contribution in [0.5, 0.6) is 11.5 Å². The maximum absolute atomic E-state index is 10.6. The highest BCUT2D eigenvalue weighted by atomic mass is 32.2. The zero-order valence-electron chi connectivity index (χ0n) is 6.44. The number of hydrogen-bond donors (Lipinski definition) is 2. The third kappa shape index (κ3) is 2.17. The minimum atomic E-state index is -0.129. The predicted molar refractivity (Wildman–Crippen MR) is 46.3 cm³/mol. The molecule has 0 saturated carbocycles. The summed E-state index contributed by atoms with van der Waals surface area (Å²) in [5.41, 5.74) is 0. The minimum Gasteiger partial charge on any atom is -0.508 e. The predicted octanol–water partition coefficient (Wildman–Crippen LogP) is 1.74. The molecule has 0 amide bonds. The van der Waals surface area contributed by atoms with Crippen molar-refractivity contribution in [2.45, 2.75) is 11.8 Å². The Bertz CT molecular complexity index is 309. The summed E-state index contributed by atoms with van der Waals surface area (Å²) >= 11 is 0.890. The minimum absolute atomic E-state index is 0.00741. The number of aromatic hydroxyl groups is 2. The van der Waals surface area contributed by atoms with Crippen molar-refractivity contribution in [3.63, 3.8) is 0 Å². The Morgan fingerprint density at radius 3 is 2.67 bits per heavy atom. The zero-order chi connectivity index (χ0) is 9.14. The fourth-order valence-electron chi connectivity index (χ4n) is 0.739. The topological polar surface area (TPSA) is 57.5 Å². The lowest BCUT2D eigenvalue weighted by atomic mass is 10.3. The number of thioether (sulfide) groups is 1. The average Bonchev–Trinajstić information content (AvgIpc) is 1.96. The SMILES string of the molecule is CC(=O)Sc1cc(O)ccc1O. The largest absolute Gasteiger partial charge is 0.508 e. The normalized spacial score (nSPS) is 9.75. The van der Waals surface area contributed by atoms with Gasteiger partial charge in [-0.2, -0.15) is 0 Å². The molecule has 0 heterocycles. The summed E-state index contributed by atoms with van der Waals surface area (Å²) < 4.78 is 0. The second kappa shape index (κ2) is 3.49. The Morgan fingerprint density at radius 2 is 2.08 bits per heavy atom. The van der Waals surface area contributed by atoms with Crippen LogP contribution in [0.2, 0.25) is 0 Å². The van der Waals surface area contributed by atoms with Crippen molar-refractivity contribution in [2.75, 3.05) is 0 Å². The standard InChI is InChI=1S/C8H8O3S/c1-5(9)12-8-4-6(10)2-3-7(8)11/h2-4,10-11H,1H3. The summed E-state index contributed by atoms with van der Waals surface area (Å²) in [5.74, 6) is 0.0459. The van der Waals surface area contributed by atoms with E-state index >= 15 is 0 Å². The summed E-state index contributed by atoms with van der Waals surface area (Å²) in [7, 11) is 0.